The van der Waals surface area contributed by atoms with Crippen molar-refractivity contribution in [3.8, 4) is 0 Å². The number of anilines is 1. The Morgan fingerprint density at radius 1 is 0.844 bits per heavy atom. The number of halogens is 3. The molecule has 1 N–H and O–H groups in total. The molecular weight excluding hydrogens is 697 g/mol. The van der Waals surface area contributed by atoms with Crippen molar-refractivity contribution in [2.75, 3.05) is 10.8 Å². The number of benzene rings is 4. The third-order valence-corrected chi connectivity index (χ3v) is 9.68. The fourth-order valence-electron chi connectivity index (χ4n) is 4.70. The fourth-order valence-corrected chi connectivity index (χ4v) is 6.85. The number of carbonyl (C=O) groups is 2. The van der Waals surface area contributed by atoms with Gasteiger partial charge in [-0.3, -0.25) is 13.9 Å². The quantitative estimate of drug-likeness (QED) is 0.173. The number of nitrogens with zero attached hydrogens (tertiary/aromatic N) is 2. The fraction of sp³-hybridized carbons (Fsp3) is 0.235. The molecule has 2 amide bonds. The Bertz CT molecular complexity index is 1730. The number of hydrogen-bond donors (Lipinski definition) is 1. The summed E-state index contributed by atoms with van der Waals surface area (Å²) in [5.41, 5.74) is 1.05. The van der Waals surface area contributed by atoms with Gasteiger partial charge in [-0.15, -0.1) is 0 Å². The monoisotopic (exact) mass is 729 g/mol. The van der Waals surface area contributed by atoms with Gasteiger partial charge in [0.2, 0.25) is 11.8 Å². The van der Waals surface area contributed by atoms with Crippen LogP contribution in [0.3, 0.4) is 0 Å². The second-order valence-electron chi connectivity index (χ2n) is 11.5. The van der Waals surface area contributed by atoms with E-state index in [2.05, 4.69) is 21.2 Å². The van der Waals surface area contributed by atoms with Gasteiger partial charge in [0.05, 0.1) is 15.6 Å². The van der Waals surface area contributed by atoms with Crippen LogP contribution in [-0.2, 0) is 32.6 Å². The highest BCUT2D eigenvalue weighted by atomic mass is 79.9. The molecule has 0 aliphatic heterocycles. The average molecular weight is 732 g/mol. The van der Waals surface area contributed by atoms with Gasteiger partial charge in [-0.25, -0.2) is 8.42 Å². The van der Waals surface area contributed by atoms with Gasteiger partial charge in [0.1, 0.15) is 12.6 Å². The van der Waals surface area contributed by atoms with Crippen molar-refractivity contribution in [1.29, 1.82) is 0 Å². The lowest BCUT2D eigenvalue weighted by Gasteiger charge is -2.35. The third-order valence-electron chi connectivity index (χ3n) is 6.82. The summed E-state index contributed by atoms with van der Waals surface area (Å²) in [4.78, 5) is 29.9. The molecule has 0 saturated heterocycles. The molecule has 0 aliphatic carbocycles. The Morgan fingerprint density at radius 3 is 2.04 bits per heavy atom. The molecule has 45 heavy (non-hydrogen) atoms. The van der Waals surface area contributed by atoms with E-state index in [0.717, 1.165) is 19.9 Å². The topological polar surface area (TPSA) is 86.8 Å². The van der Waals surface area contributed by atoms with Crippen LogP contribution in [0.15, 0.2) is 112 Å². The molecule has 0 radical (unpaired) electrons. The van der Waals surface area contributed by atoms with E-state index >= 15 is 0 Å². The second kappa shape index (κ2) is 14.8. The van der Waals surface area contributed by atoms with Crippen LogP contribution in [0.5, 0.6) is 0 Å². The number of sulfonamides is 1. The standard InChI is InChI=1S/C34H34BrCl2N3O4S/c1-34(2,3)38-33(42)31(20-24-10-6-4-7-11-24)39(22-25-14-16-26(35)17-15-25)32(41)23-40(30-21-27(36)18-19-29(30)37)45(43,44)28-12-8-5-9-13-28/h4-19,21,31H,20,22-23H2,1-3H3,(H,38,42)/t31-/m0/s1. The first-order valence-corrected chi connectivity index (χ1v) is 17.2. The molecule has 4 rings (SSSR count). The van der Waals surface area contributed by atoms with Crippen molar-refractivity contribution in [3.05, 3.63) is 129 Å². The van der Waals surface area contributed by atoms with Crippen molar-refractivity contribution in [2.24, 2.45) is 0 Å². The highest BCUT2D eigenvalue weighted by Crippen LogP contribution is 2.33. The van der Waals surface area contributed by atoms with Gasteiger partial charge in [-0.05, 0) is 74.4 Å². The van der Waals surface area contributed by atoms with Gasteiger partial charge < -0.3 is 10.2 Å². The average Bonchev–Trinajstić information content (AvgIpc) is 3.00. The second-order valence-corrected chi connectivity index (χ2v) is 15.1. The molecule has 0 aromatic heterocycles. The van der Waals surface area contributed by atoms with E-state index in [1.54, 1.807) is 18.2 Å². The van der Waals surface area contributed by atoms with E-state index in [-0.39, 0.29) is 39.5 Å². The van der Waals surface area contributed by atoms with E-state index in [1.165, 1.54) is 35.2 Å². The zero-order valence-electron chi connectivity index (χ0n) is 25.1. The van der Waals surface area contributed by atoms with Crippen molar-refractivity contribution in [3.63, 3.8) is 0 Å². The van der Waals surface area contributed by atoms with Crippen LogP contribution in [-0.4, -0.2) is 43.3 Å². The minimum absolute atomic E-state index is 0.0281. The van der Waals surface area contributed by atoms with E-state index in [9.17, 15) is 18.0 Å². The summed E-state index contributed by atoms with van der Waals surface area (Å²) >= 11 is 16.3. The Kier molecular flexibility index (Phi) is 11.4. The Labute approximate surface area is 283 Å². The first kappa shape index (κ1) is 34.5. The maximum atomic E-state index is 14.5. The molecule has 0 aliphatic rings. The van der Waals surface area contributed by atoms with E-state index in [4.69, 9.17) is 23.2 Å². The molecular formula is C34H34BrCl2N3O4S. The first-order chi connectivity index (χ1) is 21.2. The van der Waals surface area contributed by atoms with Crippen LogP contribution in [0, 0.1) is 0 Å². The summed E-state index contributed by atoms with van der Waals surface area (Å²) in [6.07, 6.45) is 0.203. The predicted octanol–water partition coefficient (Wildman–Crippen LogP) is 7.51. The van der Waals surface area contributed by atoms with E-state index in [1.807, 2.05) is 75.4 Å². The Hall–Kier alpha value is -3.37. The zero-order valence-corrected chi connectivity index (χ0v) is 29.0. The van der Waals surface area contributed by atoms with E-state index in [0.29, 0.717) is 0 Å². The maximum absolute atomic E-state index is 14.5. The van der Waals surface area contributed by atoms with Gasteiger partial charge in [0.15, 0.2) is 0 Å². The Balaban J connectivity index is 1.84. The molecule has 11 heteroatoms. The summed E-state index contributed by atoms with van der Waals surface area (Å²) in [5.74, 6) is -0.964. The Morgan fingerprint density at radius 2 is 1.44 bits per heavy atom. The zero-order chi connectivity index (χ0) is 32.8. The molecule has 4 aromatic carbocycles. The van der Waals surface area contributed by atoms with Crippen LogP contribution in [0.4, 0.5) is 5.69 Å². The summed E-state index contributed by atoms with van der Waals surface area (Å²) in [6, 6.07) is 28.0. The molecule has 1 atom stereocenters. The number of carbonyl (C=O) groups excluding carboxylic acids is 2. The van der Waals surface area contributed by atoms with Crippen LogP contribution in [0.1, 0.15) is 31.9 Å². The number of amides is 2. The summed E-state index contributed by atoms with van der Waals surface area (Å²) in [7, 11) is -4.30. The molecule has 0 heterocycles. The number of hydrogen-bond acceptors (Lipinski definition) is 4. The summed E-state index contributed by atoms with van der Waals surface area (Å²) < 4.78 is 30.0. The lowest BCUT2D eigenvalue weighted by atomic mass is 10.0. The normalized spacial score (nSPS) is 12.3. The van der Waals surface area contributed by atoms with Crippen molar-refractivity contribution in [1.82, 2.24) is 10.2 Å². The van der Waals surface area contributed by atoms with Gasteiger partial charge in [0, 0.05) is 28.0 Å². The minimum atomic E-state index is -4.30. The highest BCUT2D eigenvalue weighted by Gasteiger charge is 2.36. The van der Waals surface area contributed by atoms with Crippen LogP contribution in [0.2, 0.25) is 10.0 Å². The lowest BCUT2D eigenvalue weighted by Crippen LogP contribution is -2.56. The van der Waals surface area contributed by atoms with Crippen molar-refractivity contribution >= 4 is 66.7 Å². The van der Waals surface area contributed by atoms with Gasteiger partial charge >= 0.3 is 0 Å². The summed E-state index contributed by atoms with van der Waals surface area (Å²) in [6.45, 7) is 4.99. The number of nitrogens with one attached hydrogen (secondary N) is 1. The van der Waals surface area contributed by atoms with Crippen LogP contribution < -0.4 is 9.62 Å². The molecule has 0 saturated carbocycles. The largest absolute Gasteiger partial charge is 0.350 e. The van der Waals surface area contributed by atoms with Gasteiger partial charge in [-0.2, -0.15) is 0 Å². The molecule has 0 spiro atoms. The molecule has 0 bridgehead atoms. The van der Waals surface area contributed by atoms with Gasteiger partial charge in [-0.1, -0.05) is 99.8 Å². The lowest BCUT2D eigenvalue weighted by molar-refractivity contribution is -0.140. The molecule has 0 fully saturated rings. The molecule has 0 unspecified atom stereocenters. The van der Waals surface area contributed by atoms with Crippen LogP contribution in [0.25, 0.3) is 0 Å². The van der Waals surface area contributed by atoms with Crippen LogP contribution >= 0.6 is 39.1 Å². The summed E-state index contributed by atoms with van der Waals surface area (Å²) in [5, 5.41) is 3.36. The minimum Gasteiger partial charge on any atom is -0.350 e. The first-order valence-electron chi connectivity index (χ1n) is 14.2. The molecule has 4 aromatic rings. The SMILES string of the molecule is CC(C)(C)NC(=O)[C@H](Cc1ccccc1)N(Cc1ccc(Br)cc1)C(=O)CN(c1cc(Cl)ccc1Cl)S(=O)(=O)c1ccccc1. The highest BCUT2D eigenvalue weighted by molar-refractivity contribution is 9.10. The molecule has 236 valence electrons. The maximum Gasteiger partial charge on any atom is 0.264 e. The third kappa shape index (κ3) is 9.33. The van der Waals surface area contributed by atoms with Crippen molar-refractivity contribution in [2.45, 2.75) is 50.2 Å². The van der Waals surface area contributed by atoms with Gasteiger partial charge in [0.25, 0.3) is 10.0 Å². The van der Waals surface area contributed by atoms with E-state index < -0.39 is 34.1 Å². The predicted molar refractivity (Wildman–Crippen MR) is 184 cm³/mol. The smallest absolute Gasteiger partial charge is 0.264 e. The number of rotatable bonds is 11. The molecule has 7 nitrogen and oxygen atoms in total. The van der Waals surface area contributed by atoms with Crippen molar-refractivity contribution < 1.29 is 18.0 Å².